The van der Waals surface area contributed by atoms with E-state index >= 15 is 0 Å². The van der Waals surface area contributed by atoms with Crippen molar-refractivity contribution >= 4 is 11.4 Å². The Morgan fingerprint density at radius 3 is 2.02 bits per heavy atom. The summed E-state index contributed by atoms with van der Waals surface area (Å²) in [4.78, 5) is 10.4. The Bertz CT molecular complexity index is 2260. The lowest BCUT2D eigenvalue weighted by atomic mass is 9.72. The molecule has 334 valence electrons. The summed E-state index contributed by atoms with van der Waals surface area (Å²) < 4.78 is 16.1. The third-order valence-corrected chi connectivity index (χ3v) is 15.0. The SMILES string of the molecule is Cc1cc(N2CC(N(C)Cc3ccccc3)CCC2Cc2cc(N3CCC4(CC3)CN(C)C4)ccc2-c2cn(C[C@H]3CCCCO3)nn2)ccc1-c1cn(CC2CCCCO2)nn1. The Kier molecular flexibility index (Phi) is 12.7. The molecule has 12 heteroatoms. The standard InChI is InChI=1S/C51H68N10O2/c1-38-27-42(18-19-47(38)49-34-59(54-52-49)32-45-13-7-9-25-62-45)61-31-44(57(3)30-39-11-5-4-6-12-39)16-15-43(61)29-40-28-41(58-23-21-51(22-24-58)36-56(2)37-51)17-20-48(40)50-35-60(55-53-50)33-46-14-8-10-26-63-46/h4-6,11-12,17-20,27-28,34-35,43-46H,7-10,13-16,21-26,29-33,36-37H2,1-3H3/t43?,44?,45?,46-/m1/s1. The van der Waals surface area contributed by atoms with Gasteiger partial charge in [-0.05, 0) is 138 Å². The molecule has 5 aromatic rings. The third-order valence-electron chi connectivity index (χ3n) is 15.0. The molecule has 5 aliphatic heterocycles. The maximum atomic E-state index is 6.10. The molecule has 63 heavy (non-hydrogen) atoms. The van der Waals surface area contributed by atoms with Crippen LogP contribution in [0.4, 0.5) is 11.4 Å². The molecule has 0 radical (unpaired) electrons. The summed E-state index contributed by atoms with van der Waals surface area (Å²) in [6.45, 7) is 12.0. The second-order valence-corrected chi connectivity index (χ2v) is 19.8. The van der Waals surface area contributed by atoms with Gasteiger partial charge in [-0.2, -0.15) is 0 Å². The van der Waals surface area contributed by atoms with E-state index in [0.717, 1.165) is 114 Å². The highest BCUT2D eigenvalue weighted by molar-refractivity contribution is 5.69. The van der Waals surface area contributed by atoms with Crippen molar-refractivity contribution in [3.05, 3.63) is 95.8 Å². The van der Waals surface area contributed by atoms with Crippen molar-refractivity contribution in [2.24, 2.45) is 5.41 Å². The number of piperidine rings is 2. The van der Waals surface area contributed by atoms with Crippen LogP contribution in [0, 0.1) is 12.3 Å². The van der Waals surface area contributed by atoms with Crippen LogP contribution in [0.5, 0.6) is 0 Å². The molecule has 5 saturated heterocycles. The highest BCUT2D eigenvalue weighted by Gasteiger charge is 2.43. The molecule has 1 spiro atoms. The molecular weight excluding hydrogens is 785 g/mol. The number of rotatable bonds is 13. The molecule has 3 unspecified atom stereocenters. The molecule has 7 heterocycles. The zero-order valence-electron chi connectivity index (χ0n) is 38.0. The van der Waals surface area contributed by atoms with Crippen molar-refractivity contribution in [1.82, 2.24) is 39.8 Å². The van der Waals surface area contributed by atoms with Crippen molar-refractivity contribution in [3.8, 4) is 22.5 Å². The first-order chi connectivity index (χ1) is 30.8. The number of likely N-dealkylation sites (N-methyl/N-ethyl adjacent to an activating group) is 1. The lowest BCUT2D eigenvalue weighted by Crippen LogP contribution is -2.58. The Morgan fingerprint density at radius 2 is 1.38 bits per heavy atom. The zero-order chi connectivity index (χ0) is 42.8. The Labute approximate surface area is 374 Å². The van der Waals surface area contributed by atoms with E-state index in [1.165, 1.54) is 72.4 Å². The van der Waals surface area contributed by atoms with Gasteiger partial charge in [0.05, 0.1) is 37.7 Å². The first kappa shape index (κ1) is 42.3. The fourth-order valence-corrected chi connectivity index (χ4v) is 11.5. The van der Waals surface area contributed by atoms with Crippen LogP contribution in [0.2, 0.25) is 0 Å². The summed E-state index contributed by atoms with van der Waals surface area (Å²) in [6, 6.07) is 25.8. The van der Waals surface area contributed by atoms with E-state index in [1.54, 1.807) is 0 Å². The quantitative estimate of drug-likeness (QED) is 0.117. The fourth-order valence-electron chi connectivity index (χ4n) is 11.5. The predicted molar refractivity (Wildman–Crippen MR) is 250 cm³/mol. The molecule has 0 amide bonds. The number of hydrogen-bond donors (Lipinski definition) is 0. The molecule has 5 aliphatic rings. The van der Waals surface area contributed by atoms with Gasteiger partial charge in [0.25, 0.3) is 0 Å². The van der Waals surface area contributed by atoms with Crippen molar-refractivity contribution < 1.29 is 9.47 Å². The van der Waals surface area contributed by atoms with Gasteiger partial charge in [-0.25, -0.2) is 9.36 Å². The lowest BCUT2D eigenvalue weighted by Gasteiger charge is -2.53. The summed E-state index contributed by atoms with van der Waals surface area (Å²) >= 11 is 0. The van der Waals surface area contributed by atoms with E-state index in [9.17, 15) is 0 Å². The number of likely N-dealkylation sites (tertiary alicyclic amines) is 1. The summed E-state index contributed by atoms with van der Waals surface area (Å²) in [5, 5.41) is 18.7. The number of nitrogens with zero attached hydrogens (tertiary/aromatic N) is 10. The summed E-state index contributed by atoms with van der Waals surface area (Å²) in [5.74, 6) is 0. The highest BCUT2D eigenvalue weighted by atomic mass is 16.5. The Balaban J connectivity index is 0.942. The summed E-state index contributed by atoms with van der Waals surface area (Å²) in [6.07, 6.45) is 17.3. The number of aromatic nitrogens is 6. The van der Waals surface area contributed by atoms with Gasteiger partial charge in [-0.15, -0.1) is 10.2 Å². The summed E-state index contributed by atoms with van der Waals surface area (Å²) in [7, 11) is 4.57. The fraction of sp³-hybridized carbons (Fsp3) is 0.569. The van der Waals surface area contributed by atoms with Crippen LogP contribution >= 0.6 is 0 Å². The van der Waals surface area contributed by atoms with Gasteiger partial charge in [0, 0.05) is 87.1 Å². The first-order valence-corrected chi connectivity index (χ1v) is 24.1. The molecule has 10 rings (SSSR count). The topological polar surface area (TPSA) is 92.8 Å². The molecule has 0 saturated carbocycles. The van der Waals surface area contributed by atoms with Crippen LogP contribution in [0.25, 0.3) is 22.5 Å². The van der Waals surface area contributed by atoms with Crippen LogP contribution in [-0.2, 0) is 35.5 Å². The molecule has 0 aliphatic carbocycles. The van der Waals surface area contributed by atoms with Crippen molar-refractivity contribution in [2.45, 2.75) is 121 Å². The Morgan fingerprint density at radius 1 is 0.730 bits per heavy atom. The van der Waals surface area contributed by atoms with E-state index in [-0.39, 0.29) is 12.2 Å². The van der Waals surface area contributed by atoms with Gasteiger partial charge in [-0.3, -0.25) is 4.90 Å². The number of hydrogen-bond acceptors (Lipinski definition) is 10. The van der Waals surface area contributed by atoms with Crippen molar-refractivity contribution in [1.29, 1.82) is 0 Å². The van der Waals surface area contributed by atoms with Crippen LogP contribution in [-0.4, -0.2) is 124 Å². The molecule has 12 nitrogen and oxygen atoms in total. The van der Waals surface area contributed by atoms with Crippen LogP contribution in [0.3, 0.4) is 0 Å². The van der Waals surface area contributed by atoms with Gasteiger partial charge < -0.3 is 24.2 Å². The van der Waals surface area contributed by atoms with Gasteiger partial charge in [0.2, 0.25) is 0 Å². The van der Waals surface area contributed by atoms with E-state index in [0.29, 0.717) is 17.5 Å². The van der Waals surface area contributed by atoms with Crippen molar-refractivity contribution in [2.75, 3.05) is 69.8 Å². The second kappa shape index (κ2) is 18.8. The summed E-state index contributed by atoms with van der Waals surface area (Å²) in [5.41, 5.74) is 11.2. The van der Waals surface area contributed by atoms with Gasteiger partial charge in [-0.1, -0.05) is 52.9 Å². The molecule has 2 aromatic heterocycles. The maximum absolute atomic E-state index is 6.10. The van der Waals surface area contributed by atoms with Crippen LogP contribution in [0.1, 0.15) is 80.9 Å². The molecule has 0 bridgehead atoms. The largest absolute Gasteiger partial charge is 0.376 e. The molecule has 4 atom stereocenters. The number of aryl methyl sites for hydroxylation is 1. The molecule has 3 aromatic carbocycles. The average molecular weight is 853 g/mol. The van der Waals surface area contributed by atoms with Gasteiger partial charge in [0.15, 0.2) is 0 Å². The number of benzene rings is 3. The monoisotopic (exact) mass is 853 g/mol. The van der Waals surface area contributed by atoms with Crippen molar-refractivity contribution in [3.63, 3.8) is 0 Å². The highest BCUT2D eigenvalue weighted by Crippen LogP contribution is 2.42. The minimum absolute atomic E-state index is 0.203. The third kappa shape index (κ3) is 9.75. The van der Waals surface area contributed by atoms with E-state index in [2.05, 4.69) is 135 Å². The minimum atomic E-state index is 0.203. The molecular formula is C51H68N10O2. The Hall–Kier alpha value is -4.62. The van der Waals surface area contributed by atoms with Crippen LogP contribution in [0.15, 0.2) is 79.1 Å². The average Bonchev–Trinajstić information content (AvgIpc) is 3.97. The normalized spacial score (nSPS) is 24.3. The van der Waals surface area contributed by atoms with E-state index in [4.69, 9.17) is 14.6 Å². The number of anilines is 2. The lowest BCUT2D eigenvalue weighted by molar-refractivity contribution is 0.00131. The van der Waals surface area contributed by atoms with E-state index in [1.807, 2.05) is 9.36 Å². The zero-order valence-corrected chi connectivity index (χ0v) is 38.0. The minimum Gasteiger partial charge on any atom is -0.376 e. The van der Waals surface area contributed by atoms with E-state index < -0.39 is 0 Å². The van der Waals surface area contributed by atoms with Gasteiger partial charge in [0.1, 0.15) is 11.4 Å². The predicted octanol–water partition coefficient (Wildman–Crippen LogP) is 7.89. The smallest absolute Gasteiger partial charge is 0.113 e. The second-order valence-electron chi connectivity index (χ2n) is 19.8. The maximum Gasteiger partial charge on any atom is 0.113 e. The first-order valence-electron chi connectivity index (χ1n) is 24.1. The molecule has 0 N–H and O–H groups in total. The van der Waals surface area contributed by atoms with Gasteiger partial charge >= 0.3 is 0 Å². The number of ether oxygens (including phenoxy) is 2. The molecule has 5 fully saturated rings. The van der Waals surface area contributed by atoms with Crippen LogP contribution < -0.4 is 9.80 Å².